The van der Waals surface area contributed by atoms with Crippen LogP contribution < -0.4 is 10.6 Å². The largest absolute Gasteiger partial charge is 0.388 e. The molecule has 0 aliphatic carbocycles. The van der Waals surface area contributed by atoms with Gasteiger partial charge in [-0.15, -0.1) is 0 Å². The molecule has 8 N–H and O–H groups in total. The number of aliphatic hydroxyl groups excluding tert-OH is 6. The zero-order chi connectivity index (χ0) is 20.6. The van der Waals surface area contributed by atoms with Gasteiger partial charge in [-0.05, 0) is 32.0 Å². The summed E-state index contributed by atoms with van der Waals surface area (Å²) in [5.41, 5.74) is 1.09. The van der Waals surface area contributed by atoms with Crippen LogP contribution in [0.2, 0.25) is 0 Å². The number of rotatable bonds is 4. The predicted molar refractivity (Wildman–Crippen MR) is 98.4 cm³/mol. The van der Waals surface area contributed by atoms with E-state index in [2.05, 4.69) is 10.6 Å². The van der Waals surface area contributed by atoms with Crippen LogP contribution >= 0.6 is 0 Å². The molecule has 2 fully saturated rings. The van der Waals surface area contributed by atoms with Gasteiger partial charge in [-0.2, -0.15) is 0 Å². The summed E-state index contributed by atoms with van der Waals surface area (Å²) >= 11 is 0. The smallest absolute Gasteiger partial charge is 0.157 e. The number of nitrogens with one attached hydrogen (secondary N) is 2. The fourth-order valence-electron chi connectivity index (χ4n) is 3.37. The molecular formula is C18H28N2O8. The summed E-state index contributed by atoms with van der Waals surface area (Å²) in [5.74, 6) is 0. The molecule has 3 rings (SSSR count). The average Bonchev–Trinajstić information content (AvgIpc) is 2.67. The van der Waals surface area contributed by atoms with Gasteiger partial charge >= 0.3 is 0 Å². The fraction of sp³-hybridized carbons (Fsp3) is 0.667. The van der Waals surface area contributed by atoms with Gasteiger partial charge in [0.2, 0.25) is 0 Å². The van der Waals surface area contributed by atoms with Crippen molar-refractivity contribution < 1.29 is 40.1 Å². The summed E-state index contributed by atoms with van der Waals surface area (Å²) in [5, 5.41) is 65.5. The summed E-state index contributed by atoms with van der Waals surface area (Å²) < 4.78 is 11.0. The standard InChI is InChI=1S/C18H28N2O8/c1-7-11(21)13(23)15(25)17(27-7)19-9-4-3-5-10(6-9)20-18-16(26)14(24)12(22)8(2)28-18/h3-8,11-26H,1-2H3/t7-,8+,11-,12-,13+,14-,15+,16-,17-,18+/m1/s1. The third-order valence-electron chi connectivity index (χ3n) is 5.18. The summed E-state index contributed by atoms with van der Waals surface area (Å²) in [6.45, 7) is 3.18. The molecule has 0 amide bonds. The molecule has 10 atom stereocenters. The maximum absolute atomic E-state index is 10.1. The highest BCUT2D eigenvalue weighted by molar-refractivity contribution is 5.57. The Kier molecular flexibility index (Phi) is 6.42. The lowest BCUT2D eigenvalue weighted by atomic mass is 9.98. The van der Waals surface area contributed by atoms with E-state index in [0.717, 1.165) is 0 Å². The van der Waals surface area contributed by atoms with Gasteiger partial charge in [0.05, 0.1) is 12.2 Å². The lowest BCUT2D eigenvalue weighted by Crippen LogP contribution is -2.59. The van der Waals surface area contributed by atoms with E-state index in [1.165, 1.54) is 0 Å². The predicted octanol–water partition coefficient (Wildman–Crippen LogP) is -1.83. The quantitative estimate of drug-likeness (QED) is 0.288. The molecule has 28 heavy (non-hydrogen) atoms. The minimum absolute atomic E-state index is 0.545. The Hall–Kier alpha value is -1.50. The normalized spacial score (nSPS) is 44.1. The molecule has 0 saturated carbocycles. The molecule has 2 aliphatic heterocycles. The van der Waals surface area contributed by atoms with Crippen LogP contribution in [0.3, 0.4) is 0 Å². The SMILES string of the molecule is C[C@@H]1O[C@H](Nc2cccc(N[C@@H]3O[C@H](C)[C@@H](O)[C@H](O)[C@@H]3O)c2)[C@H](O)[C@H](O)[C@@H]1O. The number of benzene rings is 1. The summed E-state index contributed by atoms with van der Waals surface area (Å²) in [4.78, 5) is 0. The number of ether oxygens (including phenoxy) is 2. The van der Waals surface area contributed by atoms with Crippen LogP contribution in [-0.2, 0) is 9.47 Å². The molecule has 10 heteroatoms. The van der Waals surface area contributed by atoms with Crippen LogP contribution in [0.5, 0.6) is 0 Å². The molecule has 0 aromatic heterocycles. The number of aliphatic hydroxyl groups is 6. The molecule has 2 saturated heterocycles. The molecule has 1 aromatic carbocycles. The minimum atomic E-state index is -1.34. The maximum atomic E-state index is 10.1. The molecule has 0 spiro atoms. The molecule has 0 unspecified atom stereocenters. The van der Waals surface area contributed by atoms with Gasteiger partial charge in [0.25, 0.3) is 0 Å². The molecule has 2 heterocycles. The molecule has 10 nitrogen and oxygen atoms in total. The van der Waals surface area contributed by atoms with Gasteiger partial charge in [0.1, 0.15) is 36.6 Å². The van der Waals surface area contributed by atoms with E-state index >= 15 is 0 Å². The van der Waals surface area contributed by atoms with Crippen LogP contribution in [0.1, 0.15) is 13.8 Å². The van der Waals surface area contributed by atoms with Crippen LogP contribution in [0, 0.1) is 0 Å². The second kappa shape index (κ2) is 8.47. The van der Waals surface area contributed by atoms with E-state index in [4.69, 9.17) is 9.47 Å². The van der Waals surface area contributed by atoms with E-state index in [-0.39, 0.29) is 0 Å². The topological polar surface area (TPSA) is 164 Å². The molecule has 0 bridgehead atoms. The third-order valence-corrected chi connectivity index (χ3v) is 5.18. The van der Waals surface area contributed by atoms with E-state index in [9.17, 15) is 30.6 Å². The van der Waals surface area contributed by atoms with Gasteiger partial charge in [0.15, 0.2) is 12.5 Å². The first-order chi connectivity index (χ1) is 13.2. The van der Waals surface area contributed by atoms with Crippen molar-refractivity contribution in [2.24, 2.45) is 0 Å². The van der Waals surface area contributed by atoms with Gasteiger partial charge in [-0.25, -0.2) is 0 Å². The highest BCUT2D eigenvalue weighted by Gasteiger charge is 2.43. The van der Waals surface area contributed by atoms with Gasteiger partial charge in [0, 0.05) is 11.4 Å². The first-order valence-electron chi connectivity index (χ1n) is 9.21. The van der Waals surface area contributed by atoms with Crippen molar-refractivity contribution in [3.05, 3.63) is 24.3 Å². The molecule has 1 aromatic rings. The van der Waals surface area contributed by atoms with E-state index in [1.54, 1.807) is 38.1 Å². The lowest BCUT2D eigenvalue weighted by Gasteiger charge is -2.40. The van der Waals surface area contributed by atoms with Crippen molar-refractivity contribution in [2.45, 2.75) is 75.1 Å². The number of hydrogen-bond donors (Lipinski definition) is 8. The lowest BCUT2D eigenvalue weighted by molar-refractivity contribution is -0.209. The zero-order valence-electron chi connectivity index (χ0n) is 15.6. The Morgan fingerprint density at radius 2 is 1.04 bits per heavy atom. The minimum Gasteiger partial charge on any atom is -0.388 e. The van der Waals surface area contributed by atoms with Crippen LogP contribution in [-0.4, -0.2) is 91.9 Å². The van der Waals surface area contributed by atoms with Crippen LogP contribution in [0.25, 0.3) is 0 Å². The Labute approximate surface area is 162 Å². The second-order valence-corrected chi connectivity index (χ2v) is 7.34. The van der Waals surface area contributed by atoms with Crippen molar-refractivity contribution in [1.29, 1.82) is 0 Å². The maximum Gasteiger partial charge on any atom is 0.157 e. The van der Waals surface area contributed by atoms with Crippen molar-refractivity contribution in [1.82, 2.24) is 0 Å². The number of anilines is 2. The molecule has 158 valence electrons. The Balaban J connectivity index is 1.67. The molecular weight excluding hydrogens is 372 g/mol. The zero-order valence-corrected chi connectivity index (χ0v) is 15.6. The fourth-order valence-corrected chi connectivity index (χ4v) is 3.37. The first kappa shape index (κ1) is 21.2. The Morgan fingerprint density at radius 1 is 0.643 bits per heavy atom. The Morgan fingerprint density at radius 3 is 1.43 bits per heavy atom. The van der Waals surface area contributed by atoms with Crippen molar-refractivity contribution in [3.8, 4) is 0 Å². The third kappa shape index (κ3) is 4.24. The summed E-state index contributed by atoms with van der Waals surface area (Å²) in [6, 6.07) is 6.79. The highest BCUT2D eigenvalue weighted by Crippen LogP contribution is 2.26. The van der Waals surface area contributed by atoms with Crippen molar-refractivity contribution >= 4 is 11.4 Å². The van der Waals surface area contributed by atoms with Gasteiger partial charge < -0.3 is 50.7 Å². The average molecular weight is 400 g/mol. The first-order valence-corrected chi connectivity index (χ1v) is 9.21. The molecule has 0 radical (unpaired) electrons. The molecule has 2 aliphatic rings. The second-order valence-electron chi connectivity index (χ2n) is 7.34. The number of hydrogen-bond acceptors (Lipinski definition) is 10. The van der Waals surface area contributed by atoms with Crippen molar-refractivity contribution in [3.63, 3.8) is 0 Å². The van der Waals surface area contributed by atoms with Crippen LogP contribution in [0.15, 0.2) is 24.3 Å². The Bertz CT molecular complexity index is 613. The summed E-state index contributed by atoms with van der Waals surface area (Å²) in [6.07, 6.45) is -10.9. The monoisotopic (exact) mass is 400 g/mol. The van der Waals surface area contributed by atoms with E-state index in [0.29, 0.717) is 11.4 Å². The van der Waals surface area contributed by atoms with Crippen LogP contribution in [0.4, 0.5) is 11.4 Å². The van der Waals surface area contributed by atoms with E-state index in [1.807, 2.05) is 0 Å². The van der Waals surface area contributed by atoms with Crippen molar-refractivity contribution in [2.75, 3.05) is 10.6 Å². The highest BCUT2D eigenvalue weighted by atomic mass is 16.6. The van der Waals surface area contributed by atoms with Gasteiger partial charge in [-0.3, -0.25) is 0 Å². The van der Waals surface area contributed by atoms with E-state index < -0.39 is 61.3 Å². The summed E-state index contributed by atoms with van der Waals surface area (Å²) in [7, 11) is 0. The van der Waals surface area contributed by atoms with Gasteiger partial charge in [-0.1, -0.05) is 6.07 Å².